The van der Waals surface area contributed by atoms with E-state index >= 15 is 0 Å². The molecule has 1 fully saturated rings. The summed E-state index contributed by atoms with van der Waals surface area (Å²) in [6.45, 7) is 4.28. The summed E-state index contributed by atoms with van der Waals surface area (Å²) in [6, 6.07) is 2.10. The first-order chi connectivity index (χ1) is 7.90. The standard InChI is InChI=1S/C12H20N2OS/c1-13-9-12-11(3-6-15-12)10-14-4-2-7-16-8-5-14/h3,6,13H,2,4-5,7-10H2,1H3. The second kappa shape index (κ2) is 6.33. The van der Waals surface area contributed by atoms with Crippen molar-refractivity contribution in [1.29, 1.82) is 0 Å². The van der Waals surface area contributed by atoms with Gasteiger partial charge in [-0.15, -0.1) is 0 Å². The monoisotopic (exact) mass is 240 g/mol. The largest absolute Gasteiger partial charge is 0.468 e. The van der Waals surface area contributed by atoms with Crippen LogP contribution in [0.1, 0.15) is 17.7 Å². The second-order valence-corrected chi connectivity index (χ2v) is 5.37. The van der Waals surface area contributed by atoms with E-state index in [2.05, 4.69) is 28.0 Å². The Morgan fingerprint density at radius 2 is 2.38 bits per heavy atom. The number of thioether (sulfide) groups is 1. The van der Waals surface area contributed by atoms with E-state index < -0.39 is 0 Å². The average molecular weight is 240 g/mol. The van der Waals surface area contributed by atoms with Crippen molar-refractivity contribution in [3.63, 3.8) is 0 Å². The molecule has 1 N–H and O–H groups in total. The van der Waals surface area contributed by atoms with Crippen LogP contribution in [0.5, 0.6) is 0 Å². The lowest BCUT2D eigenvalue weighted by atomic mass is 10.2. The number of nitrogens with one attached hydrogen (secondary N) is 1. The van der Waals surface area contributed by atoms with Crippen LogP contribution in [0.25, 0.3) is 0 Å². The Labute approximate surface area is 102 Å². The van der Waals surface area contributed by atoms with Crippen LogP contribution in [-0.2, 0) is 13.1 Å². The number of nitrogens with zero attached hydrogens (tertiary/aromatic N) is 1. The van der Waals surface area contributed by atoms with Gasteiger partial charge in [0.05, 0.1) is 12.8 Å². The van der Waals surface area contributed by atoms with Gasteiger partial charge in [0.1, 0.15) is 5.76 Å². The van der Waals surface area contributed by atoms with Crippen molar-refractivity contribution in [2.45, 2.75) is 19.5 Å². The predicted octanol–water partition coefficient (Wildman–Crippen LogP) is 1.94. The molecule has 1 saturated heterocycles. The lowest BCUT2D eigenvalue weighted by molar-refractivity contribution is 0.284. The zero-order valence-electron chi connectivity index (χ0n) is 9.87. The van der Waals surface area contributed by atoms with Gasteiger partial charge in [-0.05, 0) is 31.8 Å². The van der Waals surface area contributed by atoms with Crippen LogP contribution in [0.3, 0.4) is 0 Å². The minimum atomic E-state index is 0.824. The molecule has 1 aliphatic heterocycles. The summed E-state index contributed by atoms with van der Waals surface area (Å²) in [5.74, 6) is 3.66. The average Bonchev–Trinajstić information content (AvgIpc) is 2.56. The van der Waals surface area contributed by atoms with Crippen molar-refractivity contribution in [3.05, 3.63) is 23.7 Å². The van der Waals surface area contributed by atoms with Gasteiger partial charge in [0, 0.05) is 24.4 Å². The van der Waals surface area contributed by atoms with Crippen LogP contribution in [0.2, 0.25) is 0 Å². The molecule has 4 heteroatoms. The fraction of sp³-hybridized carbons (Fsp3) is 0.667. The molecule has 1 aliphatic rings. The van der Waals surface area contributed by atoms with Gasteiger partial charge in [0.15, 0.2) is 0 Å². The molecule has 2 heterocycles. The fourth-order valence-electron chi connectivity index (χ4n) is 2.02. The topological polar surface area (TPSA) is 28.4 Å². The lowest BCUT2D eigenvalue weighted by Gasteiger charge is -2.19. The van der Waals surface area contributed by atoms with Gasteiger partial charge in [-0.2, -0.15) is 11.8 Å². The summed E-state index contributed by atoms with van der Waals surface area (Å²) in [7, 11) is 1.95. The van der Waals surface area contributed by atoms with Crippen LogP contribution in [0, 0.1) is 0 Å². The van der Waals surface area contributed by atoms with Gasteiger partial charge in [0.2, 0.25) is 0 Å². The normalized spacial score (nSPS) is 18.6. The van der Waals surface area contributed by atoms with Crippen molar-refractivity contribution in [2.24, 2.45) is 0 Å². The van der Waals surface area contributed by atoms with Crippen LogP contribution in [0.4, 0.5) is 0 Å². The van der Waals surface area contributed by atoms with E-state index in [-0.39, 0.29) is 0 Å². The molecule has 1 aromatic rings. The SMILES string of the molecule is CNCc1occc1CN1CCCSCC1. The maximum Gasteiger partial charge on any atom is 0.122 e. The van der Waals surface area contributed by atoms with E-state index in [1.165, 1.54) is 36.6 Å². The van der Waals surface area contributed by atoms with Gasteiger partial charge >= 0.3 is 0 Å². The second-order valence-electron chi connectivity index (χ2n) is 4.14. The van der Waals surface area contributed by atoms with Crippen LogP contribution < -0.4 is 5.32 Å². The third kappa shape index (κ3) is 3.27. The van der Waals surface area contributed by atoms with E-state index in [1.54, 1.807) is 6.26 Å². The molecule has 0 atom stereocenters. The highest BCUT2D eigenvalue weighted by atomic mass is 32.2. The van der Waals surface area contributed by atoms with Gasteiger partial charge in [-0.3, -0.25) is 4.90 Å². The summed E-state index contributed by atoms with van der Waals surface area (Å²) in [5.41, 5.74) is 1.33. The molecule has 3 nitrogen and oxygen atoms in total. The van der Waals surface area contributed by atoms with E-state index in [4.69, 9.17) is 4.42 Å². The molecule has 0 spiro atoms. The summed E-state index contributed by atoms with van der Waals surface area (Å²) >= 11 is 2.07. The molecule has 2 rings (SSSR count). The molecule has 16 heavy (non-hydrogen) atoms. The van der Waals surface area contributed by atoms with E-state index in [0.717, 1.165) is 18.8 Å². The quantitative estimate of drug-likeness (QED) is 0.870. The number of hydrogen-bond acceptors (Lipinski definition) is 4. The third-order valence-corrected chi connectivity index (χ3v) is 3.93. The van der Waals surface area contributed by atoms with Crippen LogP contribution >= 0.6 is 11.8 Å². The van der Waals surface area contributed by atoms with Crippen LogP contribution in [0.15, 0.2) is 16.7 Å². The van der Waals surface area contributed by atoms with Crippen molar-refractivity contribution in [2.75, 3.05) is 31.6 Å². The van der Waals surface area contributed by atoms with Crippen molar-refractivity contribution < 1.29 is 4.42 Å². The highest BCUT2D eigenvalue weighted by Gasteiger charge is 2.13. The summed E-state index contributed by atoms with van der Waals surface area (Å²) < 4.78 is 5.48. The van der Waals surface area contributed by atoms with Crippen LogP contribution in [-0.4, -0.2) is 36.5 Å². The summed E-state index contributed by atoms with van der Waals surface area (Å²) in [6.07, 6.45) is 3.11. The summed E-state index contributed by atoms with van der Waals surface area (Å²) in [4.78, 5) is 2.53. The third-order valence-electron chi connectivity index (χ3n) is 2.88. The molecular weight excluding hydrogens is 220 g/mol. The molecule has 0 radical (unpaired) electrons. The summed E-state index contributed by atoms with van der Waals surface area (Å²) in [5, 5.41) is 3.14. The van der Waals surface area contributed by atoms with Crippen molar-refractivity contribution in [1.82, 2.24) is 10.2 Å². The first-order valence-corrected chi connectivity index (χ1v) is 7.05. The van der Waals surface area contributed by atoms with Gasteiger partial charge in [-0.1, -0.05) is 0 Å². The molecule has 90 valence electrons. The molecule has 0 aromatic carbocycles. The Kier molecular flexibility index (Phi) is 4.75. The van der Waals surface area contributed by atoms with Gasteiger partial charge in [0.25, 0.3) is 0 Å². The molecule has 0 bridgehead atoms. The van der Waals surface area contributed by atoms with Crippen molar-refractivity contribution in [3.8, 4) is 0 Å². The lowest BCUT2D eigenvalue weighted by Crippen LogP contribution is -2.26. The van der Waals surface area contributed by atoms with E-state index in [0.29, 0.717) is 0 Å². The first-order valence-electron chi connectivity index (χ1n) is 5.90. The first kappa shape index (κ1) is 12.0. The van der Waals surface area contributed by atoms with Crippen molar-refractivity contribution >= 4 is 11.8 Å². The van der Waals surface area contributed by atoms with Gasteiger partial charge < -0.3 is 9.73 Å². The van der Waals surface area contributed by atoms with Gasteiger partial charge in [-0.25, -0.2) is 0 Å². The molecule has 1 aromatic heterocycles. The Balaban J connectivity index is 1.93. The molecule has 0 aliphatic carbocycles. The predicted molar refractivity (Wildman–Crippen MR) is 68.7 cm³/mol. The molecular formula is C12H20N2OS. The Morgan fingerprint density at radius 1 is 1.44 bits per heavy atom. The van der Waals surface area contributed by atoms with E-state index in [1.807, 2.05) is 7.05 Å². The molecule has 0 unspecified atom stereocenters. The number of hydrogen-bond donors (Lipinski definition) is 1. The smallest absolute Gasteiger partial charge is 0.122 e. The minimum Gasteiger partial charge on any atom is -0.468 e. The number of rotatable bonds is 4. The Morgan fingerprint density at radius 3 is 3.25 bits per heavy atom. The minimum absolute atomic E-state index is 0.824. The maximum absolute atomic E-state index is 5.48. The Bertz CT molecular complexity index is 306. The van der Waals surface area contributed by atoms with E-state index in [9.17, 15) is 0 Å². The Hall–Kier alpha value is -0.450. The highest BCUT2D eigenvalue weighted by Crippen LogP contribution is 2.16. The number of furan rings is 1. The zero-order chi connectivity index (χ0) is 11.2. The zero-order valence-corrected chi connectivity index (χ0v) is 10.7. The highest BCUT2D eigenvalue weighted by molar-refractivity contribution is 7.99. The molecule has 0 amide bonds. The fourth-order valence-corrected chi connectivity index (χ4v) is 2.94. The maximum atomic E-state index is 5.48. The molecule has 0 saturated carbocycles.